The molecular formula is C26H29Cl2NOSiTi. The first-order valence-electron chi connectivity index (χ1n) is 9.76. The normalized spacial score (nSPS) is 9.66. The van der Waals surface area contributed by atoms with Crippen molar-refractivity contribution in [2.45, 2.75) is 39.3 Å². The molecule has 32 heavy (non-hydrogen) atoms. The van der Waals surface area contributed by atoms with Crippen LogP contribution in [0.1, 0.15) is 36.7 Å². The Hall–Kier alpha value is -1.49. The number of hydrogen-bond acceptors (Lipinski definition) is 1. The SMILES string of the molecule is CC(C)(C)c1cccc(C([NH-])=O)c1.C[Si]C.[Cl-].[Cl-].[Ti+4].c1ccc2c(c1)[cH-]c1ccccc12. The number of amides is 1. The Morgan fingerprint density at radius 2 is 1.25 bits per heavy atom. The number of carbonyl (C=O) groups excluding carboxylic acids is 1. The van der Waals surface area contributed by atoms with Crippen molar-refractivity contribution in [2.75, 3.05) is 0 Å². The smallest absolute Gasteiger partial charge is 1.00 e. The molecule has 0 saturated carbocycles. The summed E-state index contributed by atoms with van der Waals surface area (Å²) in [6.07, 6.45) is 0. The summed E-state index contributed by atoms with van der Waals surface area (Å²) in [7, 11) is 1.08. The van der Waals surface area contributed by atoms with Crippen LogP contribution in [0.25, 0.3) is 27.3 Å². The molecule has 1 N–H and O–H groups in total. The van der Waals surface area contributed by atoms with E-state index in [0.29, 0.717) is 5.56 Å². The van der Waals surface area contributed by atoms with Gasteiger partial charge in [-0.3, -0.25) is 0 Å². The minimum absolute atomic E-state index is 0. The summed E-state index contributed by atoms with van der Waals surface area (Å²) in [5.74, 6) is -0.619. The Balaban J connectivity index is 0. The summed E-state index contributed by atoms with van der Waals surface area (Å²) in [5, 5.41) is 5.39. The monoisotopic (exact) mass is 517 g/mol. The minimum atomic E-state index is -0.619. The zero-order valence-corrected chi connectivity index (χ0v) is 23.2. The quantitative estimate of drug-likeness (QED) is 0.280. The molecule has 0 spiro atoms. The van der Waals surface area contributed by atoms with Crippen molar-refractivity contribution in [3.63, 3.8) is 0 Å². The van der Waals surface area contributed by atoms with Gasteiger partial charge in [0.2, 0.25) is 0 Å². The Labute approximate surface area is 222 Å². The molecule has 1 amide bonds. The molecule has 6 heteroatoms. The van der Waals surface area contributed by atoms with E-state index < -0.39 is 5.91 Å². The zero-order chi connectivity index (χ0) is 21.4. The van der Waals surface area contributed by atoms with Gasteiger partial charge in [0, 0.05) is 9.52 Å². The van der Waals surface area contributed by atoms with E-state index in [9.17, 15) is 4.79 Å². The maximum absolute atomic E-state index is 10.8. The van der Waals surface area contributed by atoms with Crippen molar-refractivity contribution in [1.29, 1.82) is 0 Å². The molecule has 4 rings (SSSR count). The van der Waals surface area contributed by atoms with Crippen molar-refractivity contribution in [3.8, 4) is 0 Å². The van der Waals surface area contributed by atoms with E-state index in [1.807, 2.05) is 12.1 Å². The third kappa shape index (κ3) is 9.17. The van der Waals surface area contributed by atoms with E-state index in [1.165, 1.54) is 21.5 Å². The molecule has 0 aliphatic rings. The molecule has 0 bridgehead atoms. The molecule has 0 unspecified atom stereocenters. The van der Waals surface area contributed by atoms with E-state index in [-0.39, 0.29) is 51.9 Å². The number of hydrogen-bond donors (Lipinski definition) is 0. The summed E-state index contributed by atoms with van der Waals surface area (Å²) >= 11 is 0. The van der Waals surface area contributed by atoms with Gasteiger partial charge >= 0.3 is 21.7 Å². The molecule has 2 radical (unpaired) electrons. The Morgan fingerprint density at radius 1 is 0.812 bits per heavy atom. The first kappa shape index (κ1) is 32.7. The fourth-order valence-corrected chi connectivity index (χ4v) is 3.03. The van der Waals surface area contributed by atoms with Crippen LogP contribution < -0.4 is 24.8 Å². The summed E-state index contributed by atoms with van der Waals surface area (Å²) in [6, 6.07) is 26.5. The van der Waals surface area contributed by atoms with Crippen LogP contribution >= 0.6 is 0 Å². The number of halogens is 2. The van der Waals surface area contributed by atoms with E-state index in [0.717, 1.165) is 15.1 Å². The summed E-state index contributed by atoms with van der Waals surface area (Å²) in [5.41, 5.74) is 8.57. The van der Waals surface area contributed by atoms with Crippen molar-refractivity contribution < 1.29 is 51.3 Å². The average molecular weight is 518 g/mol. The van der Waals surface area contributed by atoms with Crippen LogP contribution in [0.4, 0.5) is 0 Å². The number of nitrogens with one attached hydrogen (secondary N) is 1. The molecule has 0 aliphatic carbocycles. The molecule has 4 aromatic rings. The summed E-state index contributed by atoms with van der Waals surface area (Å²) in [4.78, 5) is 10.8. The van der Waals surface area contributed by atoms with E-state index in [4.69, 9.17) is 5.73 Å². The second kappa shape index (κ2) is 15.4. The number of fused-ring (bicyclic) bond motifs is 3. The molecule has 0 atom stereocenters. The van der Waals surface area contributed by atoms with Crippen LogP contribution in [0, 0.1) is 0 Å². The number of rotatable bonds is 1. The van der Waals surface area contributed by atoms with Gasteiger partial charge in [-0.05, 0) is 22.6 Å². The molecule has 0 fully saturated rings. The fourth-order valence-electron chi connectivity index (χ4n) is 3.03. The standard InChI is InChI=1S/C13H9.C11H15NO.C2H6Si.2ClH.Ti/c1-3-7-12-10(5-1)9-11-6-2-4-8-13(11)12;1-11(2,3)9-6-4-5-8(7-9)10(12)13;1-3-2;;;/h1-9H;4-7H,1-3H3,(H2,12,13);1-2H3;2*1H;/q-1;;;;;+4/p-3. The van der Waals surface area contributed by atoms with Crippen LogP contribution in [0.15, 0.2) is 78.9 Å². The van der Waals surface area contributed by atoms with E-state index >= 15 is 0 Å². The predicted octanol–water partition coefficient (Wildman–Crippen LogP) is 1.68. The first-order chi connectivity index (χ1) is 13.8. The summed E-state index contributed by atoms with van der Waals surface area (Å²) < 4.78 is 0. The van der Waals surface area contributed by atoms with Gasteiger partial charge in [0.1, 0.15) is 0 Å². The third-order valence-electron chi connectivity index (χ3n) is 4.51. The molecule has 2 nitrogen and oxygen atoms in total. The van der Waals surface area contributed by atoms with Crippen molar-refractivity contribution in [1.82, 2.24) is 0 Å². The molecule has 0 saturated heterocycles. The topological polar surface area (TPSA) is 40.9 Å². The maximum atomic E-state index is 10.8. The average Bonchev–Trinajstić information content (AvgIpc) is 3.07. The van der Waals surface area contributed by atoms with Gasteiger partial charge < -0.3 is 35.3 Å². The zero-order valence-electron chi connectivity index (χ0n) is 19.2. The van der Waals surface area contributed by atoms with Crippen LogP contribution in [-0.4, -0.2) is 15.4 Å². The number of benzene rings is 3. The van der Waals surface area contributed by atoms with Gasteiger partial charge in [-0.15, -0.1) is 39.7 Å². The second-order valence-corrected chi connectivity index (χ2v) is 8.98. The fraction of sp³-hybridized carbons (Fsp3) is 0.231. The molecular weight excluding hydrogens is 489 g/mol. The predicted molar refractivity (Wildman–Crippen MR) is 128 cm³/mol. The van der Waals surface area contributed by atoms with Crippen LogP contribution in [0.2, 0.25) is 13.1 Å². The van der Waals surface area contributed by atoms with Gasteiger partial charge in [0.05, 0.1) is 5.91 Å². The van der Waals surface area contributed by atoms with Gasteiger partial charge in [-0.25, -0.2) is 0 Å². The van der Waals surface area contributed by atoms with Gasteiger partial charge in [0.15, 0.2) is 0 Å². The van der Waals surface area contributed by atoms with Crippen LogP contribution in [0.5, 0.6) is 0 Å². The third-order valence-corrected chi connectivity index (χ3v) is 4.51. The summed E-state index contributed by atoms with van der Waals surface area (Å²) in [6.45, 7) is 10.6. The molecule has 0 aliphatic heterocycles. The largest absolute Gasteiger partial charge is 4.00 e. The Bertz CT molecular complexity index is 1040. The second-order valence-electron chi connectivity index (χ2n) is 7.98. The van der Waals surface area contributed by atoms with Crippen molar-refractivity contribution in [2.24, 2.45) is 0 Å². The minimum Gasteiger partial charge on any atom is -1.00 e. The van der Waals surface area contributed by atoms with E-state index in [2.05, 4.69) is 88.5 Å². The van der Waals surface area contributed by atoms with Crippen LogP contribution in [-0.2, 0) is 27.1 Å². The Kier molecular flexibility index (Phi) is 15.7. The van der Waals surface area contributed by atoms with E-state index in [1.54, 1.807) is 12.1 Å². The number of carbonyl (C=O) groups is 1. The molecule has 0 aromatic heterocycles. The van der Waals surface area contributed by atoms with Crippen molar-refractivity contribution in [3.05, 3.63) is 95.7 Å². The molecule has 4 aromatic carbocycles. The van der Waals surface area contributed by atoms with Gasteiger partial charge in [0.25, 0.3) is 0 Å². The van der Waals surface area contributed by atoms with Crippen molar-refractivity contribution >= 4 is 37.0 Å². The van der Waals surface area contributed by atoms with Gasteiger partial charge in [-0.1, -0.05) is 88.5 Å². The van der Waals surface area contributed by atoms with Crippen LogP contribution in [0.3, 0.4) is 0 Å². The Morgan fingerprint density at radius 3 is 1.66 bits per heavy atom. The molecule has 0 heterocycles. The first-order valence-corrected chi connectivity index (χ1v) is 11.8. The maximum Gasteiger partial charge on any atom is 4.00 e. The van der Waals surface area contributed by atoms with Gasteiger partial charge in [-0.2, -0.15) is 0 Å². The molecule has 166 valence electrons.